The van der Waals surface area contributed by atoms with Gasteiger partial charge in [0.1, 0.15) is 5.69 Å². The summed E-state index contributed by atoms with van der Waals surface area (Å²) in [6.07, 6.45) is 1.55. The Kier molecular flexibility index (Phi) is 4.65. The number of nitrogens with zero attached hydrogens (tertiary/aromatic N) is 3. The number of nitro groups is 2. The zero-order valence-corrected chi connectivity index (χ0v) is 12.5. The van der Waals surface area contributed by atoms with Gasteiger partial charge in [-0.15, -0.1) is 0 Å². The monoisotopic (exact) mass is 314 g/mol. The Morgan fingerprint density at radius 3 is 2.48 bits per heavy atom. The molecule has 0 amide bonds. The van der Waals surface area contributed by atoms with Gasteiger partial charge in [0.15, 0.2) is 0 Å². The molecule has 0 aliphatic rings. The second-order valence-electron chi connectivity index (χ2n) is 4.87. The fourth-order valence-corrected chi connectivity index (χ4v) is 1.96. The van der Waals surface area contributed by atoms with Crippen molar-refractivity contribution >= 4 is 23.3 Å². The van der Waals surface area contributed by atoms with Crippen molar-refractivity contribution in [3.63, 3.8) is 0 Å². The average molecular weight is 314 g/mol. The van der Waals surface area contributed by atoms with Crippen molar-refractivity contribution in [2.75, 3.05) is 5.43 Å². The zero-order chi connectivity index (χ0) is 17.0. The van der Waals surface area contributed by atoms with Gasteiger partial charge < -0.3 is 0 Å². The summed E-state index contributed by atoms with van der Waals surface area (Å²) in [6.45, 7) is 3.92. The first kappa shape index (κ1) is 16.1. The maximum absolute atomic E-state index is 11.0. The molecule has 0 radical (unpaired) electrons. The highest BCUT2D eigenvalue weighted by Crippen LogP contribution is 2.28. The van der Waals surface area contributed by atoms with Gasteiger partial charge in [-0.1, -0.05) is 18.2 Å². The first-order valence-corrected chi connectivity index (χ1v) is 6.68. The Bertz CT molecular complexity index is 802. The van der Waals surface area contributed by atoms with Gasteiger partial charge in [-0.3, -0.25) is 25.7 Å². The third-order valence-electron chi connectivity index (χ3n) is 3.42. The summed E-state index contributed by atoms with van der Waals surface area (Å²) in [7, 11) is 0. The molecule has 0 unspecified atom stereocenters. The third-order valence-corrected chi connectivity index (χ3v) is 3.42. The topological polar surface area (TPSA) is 111 Å². The Morgan fingerprint density at radius 1 is 1.09 bits per heavy atom. The van der Waals surface area contributed by atoms with Gasteiger partial charge in [-0.2, -0.15) is 5.10 Å². The van der Waals surface area contributed by atoms with E-state index in [1.807, 2.05) is 32.0 Å². The van der Waals surface area contributed by atoms with Gasteiger partial charge in [0, 0.05) is 6.07 Å². The molecule has 8 nitrogen and oxygen atoms in total. The van der Waals surface area contributed by atoms with E-state index in [1.165, 1.54) is 12.1 Å². The molecule has 0 fully saturated rings. The summed E-state index contributed by atoms with van der Waals surface area (Å²) in [5.41, 5.74) is 4.93. The number of hydrogen-bond acceptors (Lipinski definition) is 6. The van der Waals surface area contributed by atoms with E-state index in [1.54, 1.807) is 6.21 Å². The van der Waals surface area contributed by atoms with Crippen molar-refractivity contribution in [1.82, 2.24) is 0 Å². The van der Waals surface area contributed by atoms with Crippen LogP contribution in [0.3, 0.4) is 0 Å². The number of rotatable bonds is 5. The summed E-state index contributed by atoms with van der Waals surface area (Å²) in [4.78, 5) is 20.3. The number of hydrazone groups is 1. The van der Waals surface area contributed by atoms with Gasteiger partial charge in [0.05, 0.1) is 22.1 Å². The molecule has 0 bridgehead atoms. The largest absolute Gasteiger partial charge is 0.301 e. The van der Waals surface area contributed by atoms with Crippen LogP contribution in [-0.4, -0.2) is 16.1 Å². The molecule has 8 heteroatoms. The number of non-ortho nitro benzene ring substituents is 1. The van der Waals surface area contributed by atoms with Gasteiger partial charge >= 0.3 is 5.69 Å². The second-order valence-corrected chi connectivity index (χ2v) is 4.87. The standard InChI is InChI=1S/C15H14N4O4/c1-10-4-3-5-12(11(10)2)9-16-17-14-7-6-13(18(20)21)8-15(14)19(22)23/h3-9,17H,1-2H3/b16-9-. The lowest BCUT2D eigenvalue weighted by atomic mass is 10.0. The first-order chi connectivity index (χ1) is 10.9. The minimum Gasteiger partial charge on any atom is -0.272 e. The van der Waals surface area contributed by atoms with E-state index in [0.29, 0.717) is 0 Å². The van der Waals surface area contributed by atoms with Crippen LogP contribution < -0.4 is 5.43 Å². The molecule has 2 aromatic carbocycles. The highest BCUT2D eigenvalue weighted by atomic mass is 16.6. The molecule has 0 atom stereocenters. The Morgan fingerprint density at radius 2 is 1.83 bits per heavy atom. The number of anilines is 1. The zero-order valence-electron chi connectivity index (χ0n) is 12.5. The summed E-state index contributed by atoms with van der Waals surface area (Å²) >= 11 is 0. The molecule has 118 valence electrons. The highest BCUT2D eigenvalue weighted by Gasteiger charge is 2.19. The smallest absolute Gasteiger partial charge is 0.272 e. The number of aryl methyl sites for hydroxylation is 1. The molecule has 0 heterocycles. The quantitative estimate of drug-likeness (QED) is 0.515. The van der Waals surface area contributed by atoms with Gasteiger partial charge in [0.25, 0.3) is 5.69 Å². The summed E-state index contributed by atoms with van der Waals surface area (Å²) in [6, 6.07) is 9.08. The van der Waals surface area contributed by atoms with Crippen LogP contribution in [0.2, 0.25) is 0 Å². The van der Waals surface area contributed by atoms with Crippen molar-refractivity contribution in [3.8, 4) is 0 Å². The molecule has 23 heavy (non-hydrogen) atoms. The van der Waals surface area contributed by atoms with E-state index < -0.39 is 15.5 Å². The molecule has 0 aliphatic heterocycles. The van der Waals surface area contributed by atoms with E-state index in [2.05, 4.69) is 10.5 Å². The molecular formula is C15H14N4O4. The predicted molar refractivity (Wildman–Crippen MR) is 86.9 cm³/mol. The van der Waals surface area contributed by atoms with Crippen LogP contribution in [0.15, 0.2) is 41.5 Å². The Hall–Kier alpha value is -3.29. The molecule has 0 aromatic heterocycles. The van der Waals surface area contributed by atoms with Crippen LogP contribution in [-0.2, 0) is 0 Å². The van der Waals surface area contributed by atoms with Crippen molar-refractivity contribution < 1.29 is 9.85 Å². The van der Waals surface area contributed by atoms with Crippen LogP contribution in [0.1, 0.15) is 16.7 Å². The van der Waals surface area contributed by atoms with E-state index in [9.17, 15) is 20.2 Å². The van der Waals surface area contributed by atoms with Crippen LogP contribution in [0.4, 0.5) is 17.1 Å². The summed E-state index contributed by atoms with van der Waals surface area (Å²) in [5.74, 6) is 0. The van der Waals surface area contributed by atoms with Crippen LogP contribution in [0.5, 0.6) is 0 Å². The van der Waals surface area contributed by atoms with Gasteiger partial charge in [-0.25, -0.2) is 0 Å². The second kappa shape index (κ2) is 6.65. The first-order valence-electron chi connectivity index (χ1n) is 6.68. The molecule has 0 spiro atoms. The van der Waals surface area contributed by atoms with E-state index in [4.69, 9.17) is 0 Å². The molecular weight excluding hydrogens is 300 g/mol. The highest BCUT2D eigenvalue weighted by molar-refractivity contribution is 5.83. The molecule has 0 saturated heterocycles. The fourth-order valence-electron chi connectivity index (χ4n) is 1.96. The normalized spacial score (nSPS) is 10.7. The maximum Gasteiger partial charge on any atom is 0.301 e. The molecule has 0 aliphatic carbocycles. The molecule has 2 aromatic rings. The summed E-state index contributed by atoms with van der Waals surface area (Å²) in [5, 5.41) is 25.7. The number of nitro benzene ring substituents is 2. The Labute approximate surface area is 131 Å². The van der Waals surface area contributed by atoms with Crippen molar-refractivity contribution in [2.45, 2.75) is 13.8 Å². The minimum absolute atomic E-state index is 0.0853. The fraction of sp³-hybridized carbons (Fsp3) is 0.133. The van der Waals surface area contributed by atoms with Crippen LogP contribution in [0.25, 0.3) is 0 Å². The van der Waals surface area contributed by atoms with E-state index in [-0.39, 0.29) is 11.4 Å². The average Bonchev–Trinajstić information content (AvgIpc) is 2.51. The molecule has 1 N–H and O–H groups in total. The van der Waals surface area contributed by atoms with Crippen molar-refractivity contribution in [1.29, 1.82) is 0 Å². The lowest BCUT2D eigenvalue weighted by molar-refractivity contribution is -0.393. The predicted octanol–water partition coefficient (Wildman–Crippen LogP) is 3.57. The summed E-state index contributed by atoms with van der Waals surface area (Å²) < 4.78 is 0. The minimum atomic E-state index is -0.692. The Balaban J connectivity index is 2.26. The van der Waals surface area contributed by atoms with E-state index in [0.717, 1.165) is 22.8 Å². The van der Waals surface area contributed by atoms with Gasteiger partial charge in [-0.05, 0) is 36.6 Å². The van der Waals surface area contributed by atoms with Crippen molar-refractivity contribution in [2.24, 2.45) is 5.10 Å². The number of hydrogen-bond donors (Lipinski definition) is 1. The maximum atomic E-state index is 11.0. The lowest BCUT2D eigenvalue weighted by Gasteiger charge is -2.04. The van der Waals surface area contributed by atoms with Crippen LogP contribution in [0, 0.1) is 34.1 Å². The van der Waals surface area contributed by atoms with Crippen LogP contribution >= 0.6 is 0 Å². The SMILES string of the molecule is Cc1cccc(/C=N\Nc2ccc([N+](=O)[O-])cc2[N+](=O)[O-])c1C. The molecule has 2 rings (SSSR count). The number of benzene rings is 2. The third kappa shape index (κ3) is 3.67. The molecule has 0 saturated carbocycles. The van der Waals surface area contributed by atoms with E-state index >= 15 is 0 Å². The number of nitrogens with one attached hydrogen (secondary N) is 1. The van der Waals surface area contributed by atoms with Gasteiger partial charge in [0.2, 0.25) is 0 Å². The lowest BCUT2D eigenvalue weighted by Crippen LogP contribution is -1.99. The van der Waals surface area contributed by atoms with Crippen molar-refractivity contribution in [3.05, 3.63) is 73.3 Å².